The number of carbonyl (C=O) groups excluding carboxylic acids is 3. The third-order valence-corrected chi connectivity index (χ3v) is 9.69. The molecule has 0 aliphatic heterocycles. The number of rotatable bonds is 10. The number of nitrogens with one attached hydrogen (secondary N) is 3. The van der Waals surface area contributed by atoms with E-state index in [-0.39, 0.29) is 52.1 Å². The van der Waals surface area contributed by atoms with Crippen LogP contribution in [0, 0.1) is 10.8 Å². The van der Waals surface area contributed by atoms with E-state index in [9.17, 15) is 33.9 Å². The largest absolute Gasteiger partial charge is 0.481 e. The average Bonchev–Trinajstić information content (AvgIpc) is 3.50. The molecule has 238 valence electrons. The van der Waals surface area contributed by atoms with Gasteiger partial charge in [-0.3, -0.25) is 28.8 Å². The highest BCUT2D eigenvalue weighted by Gasteiger charge is 2.54. The third-order valence-electron chi connectivity index (χ3n) is 9.69. The monoisotopic (exact) mass is 629 g/mol. The first kappa shape index (κ1) is 30.4. The molecule has 3 amide bonds. The molecular formula is C30H31N9O7. The predicted octanol–water partition coefficient (Wildman–Crippen LogP) is 0.619. The van der Waals surface area contributed by atoms with Crippen LogP contribution in [0.5, 0.6) is 0 Å². The molecule has 2 aromatic heterocycles. The lowest BCUT2D eigenvalue weighted by Crippen LogP contribution is -2.54. The van der Waals surface area contributed by atoms with Gasteiger partial charge in [0.25, 0.3) is 28.6 Å². The quantitative estimate of drug-likeness (QED) is 0.132. The van der Waals surface area contributed by atoms with Crippen LogP contribution >= 0.6 is 0 Å². The molecule has 3 aliphatic rings. The number of amides is 3. The van der Waals surface area contributed by atoms with Gasteiger partial charge in [-0.2, -0.15) is 4.52 Å². The zero-order valence-electron chi connectivity index (χ0n) is 24.8. The Balaban J connectivity index is 1.21. The van der Waals surface area contributed by atoms with E-state index < -0.39 is 40.0 Å². The summed E-state index contributed by atoms with van der Waals surface area (Å²) < 4.78 is 1.05. The lowest BCUT2D eigenvalue weighted by atomic mass is 9.52. The smallest absolute Gasteiger partial charge is 0.309 e. The van der Waals surface area contributed by atoms with Crippen molar-refractivity contribution in [3.05, 3.63) is 73.4 Å². The molecule has 1 atom stereocenters. The summed E-state index contributed by atoms with van der Waals surface area (Å²) in [4.78, 5) is 78.3. The minimum absolute atomic E-state index is 0.00318. The molecule has 2 heterocycles. The summed E-state index contributed by atoms with van der Waals surface area (Å²) in [5.41, 5.74) is 8.77. The number of nitrogens with two attached hydrogens (primary N) is 2. The molecule has 7 rings (SSSR count). The number of hydrogen-bond acceptors (Lipinski definition) is 11. The van der Waals surface area contributed by atoms with E-state index in [0.717, 1.165) is 4.52 Å². The second kappa shape index (κ2) is 11.0. The van der Waals surface area contributed by atoms with Gasteiger partial charge in [-0.05, 0) is 68.6 Å². The van der Waals surface area contributed by atoms with Gasteiger partial charge in [0.05, 0.1) is 5.41 Å². The zero-order chi connectivity index (χ0) is 33.0. The minimum atomic E-state index is -0.947. The van der Waals surface area contributed by atoms with Crippen LogP contribution in [0.25, 0.3) is 5.65 Å². The van der Waals surface area contributed by atoms with Gasteiger partial charge < -0.3 is 32.5 Å². The fourth-order valence-corrected chi connectivity index (χ4v) is 6.63. The molecule has 2 bridgehead atoms. The second-order valence-electron chi connectivity index (χ2n) is 12.2. The number of carboxylic acids is 1. The lowest BCUT2D eigenvalue weighted by molar-refractivity contribution is -0.159. The number of nitrogens with zero attached hydrogens (tertiary/aromatic N) is 4. The summed E-state index contributed by atoms with van der Waals surface area (Å²) in [5.74, 6) is -2.97. The van der Waals surface area contributed by atoms with E-state index in [1.54, 1.807) is 24.3 Å². The van der Waals surface area contributed by atoms with Crippen molar-refractivity contribution >= 4 is 46.4 Å². The fraction of sp³-hybridized carbons (Fsp3) is 0.367. The molecule has 8 N–H and O–H groups in total. The van der Waals surface area contributed by atoms with E-state index in [0.29, 0.717) is 49.8 Å². The number of benzene rings is 1. The molecule has 3 saturated carbocycles. The van der Waals surface area contributed by atoms with Crippen molar-refractivity contribution in [1.82, 2.24) is 30.4 Å². The highest BCUT2D eigenvalue weighted by molar-refractivity contribution is 6.01. The Morgan fingerprint density at radius 3 is 2.35 bits per heavy atom. The summed E-state index contributed by atoms with van der Waals surface area (Å²) in [6, 6.07) is 7.62. The standard InChI is InChI=1S/C30H31N9O7/c1-14(29-5-8-30(9-6-29,10-7-29)28(45)46)34-27(44)18-12-17(36-25-21(24(32)42)37-38-39(18)25)26(43)33-13-15-3-2-4-16(11-15)35-20-19(31)22(40)23(20)41/h2-4,11-12,14,35H,5-10,13,31H2,1H3,(H2,32,42)(H,33,43)(H,34,44)(H,45,46). The van der Waals surface area contributed by atoms with Crippen LogP contribution in [0.15, 0.2) is 39.9 Å². The number of aliphatic carboxylic acids is 1. The number of carboxylic acid groups (broad SMARTS) is 1. The van der Waals surface area contributed by atoms with E-state index >= 15 is 0 Å². The molecule has 1 unspecified atom stereocenters. The maximum absolute atomic E-state index is 13.7. The van der Waals surface area contributed by atoms with E-state index in [4.69, 9.17) is 11.5 Å². The van der Waals surface area contributed by atoms with Crippen LogP contribution in [0.4, 0.5) is 17.1 Å². The number of hydrogen-bond donors (Lipinski definition) is 6. The summed E-state index contributed by atoms with van der Waals surface area (Å²) in [6.45, 7) is 1.90. The van der Waals surface area contributed by atoms with Crippen molar-refractivity contribution in [2.24, 2.45) is 16.6 Å². The first-order chi connectivity index (χ1) is 21.8. The Kier molecular flexibility index (Phi) is 7.29. The van der Waals surface area contributed by atoms with Crippen molar-refractivity contribution < 1.29 is 24.3 Å². The number of primary amides is 1. The van der Waals surface area contributed by atoms with Crippen LogP contribution in [0.2, 0.25) is 0 Å². The molecular weight excluding hydrogens is 598 g/mol. The van der Waals surface area contributed by atoms with Gasteiger partial charge >= 0.3 is 5.97 Å². The Morgan fingerprint density at radius 2 is 1.72 bits per heavy atom. The first-order valence-electron chi connectivity index (χ1n) is 14.7. The maximum Gasteiger partial charge on any atom is 0.309 e. The number of anilines is 3. The molecule has 2 aromatic carbocycles. The first-order valence-corrected chi connectivity index (χ1v) is 14.7. The maximum atomic E-state index is 13.7. The third kappa shape index (κ3) is 5.00. The molecule has 3 aliphatic carbocycles. The van der Waals surface area contributed by atoms with Crippen LogP contribution < -0.4 is 38.3 Å². The Bertz CT molecular complexity index is 1980. The minimum Gasteiger partial charge on any atom is -0.481 e. The van der Waals surface area contributed by atoms with E-state index in [1.165, 1.54) is 6.07 Å². The Labute approximate surface area is 260 Å². The Morgan fingerprint density at radius 1 is 1.02 bits per heavy atom. The molecule has 16 nitrogen and oxygen atoms in total. The molecule has 16 heteroatoms. The van der Waals surface area contributed by atoms with Crippen LogP contribution in [0.1, 0.15) is 82.5 Å². The lowest BCUT2D eigenvalue weighted by Gasteiger charge is -2.54. The predicted molar refractivity (Wildman–Crippen MR) is 163 cm³/mol. The van der Waals surface area contributed by atoms with Gasteiger partial charge in [-0.15, -0.1) is 5.10 Å². The topological polar surface area (TPSA) is 254 Å². The van der Waals surface area contributed by atoms with Crippen molar-refractivity contribution in [1.29, 1.82) is 0 Å². The molecule has 46 heavy (non-hydrogen) atoms. The van der Waals surface area contributed by atoms with Crippen LogP contribution in [-0.2, 0) is 11.3 Å². The van der Waals surface area contributed by atoms with Crippen LogP contribution in [-0.4, -0.2) is 54.7 Å². The summed E-state index contributed by atoms with van der Waals surface area (Å²) in [5, 5.41) is 25.9. The van der Waals surface area contributed by atoms with E-state index in [1.807, 2.05) is 6.92 Å². The van der Waals surface area contributed by atoms with Gasteiger partial charge in [0, 0.05) is 24.3 Å². The van der Waals surface area contributed by atoms with Gasteiger partial charge in [-0.25, -0.2) is 4.98 Å². The molecule has 0 radical (unpaired) electrons. The summed E-state index contributed by atoms with van der Waals surface area (Å²) >= 11 is 0. The van der Waals surface area contributed by atoms with Gasteiger partial charge in [0.2, 0.25) is 0 Å². The Hall–Kier alpha value is -5.67. The second-order valence-corrected chi connectivity index (χ2v) is 12.2. The van der Waals surface area contributed by atoms with Gasteiger partial charge in [0.1, 0.15) is 22.8 Å². The average molecular weight is 630 g/mol. The molecule has 3 fully saturated rings. The zero-order valence-corrected chi connectivity index (χ0v) is 24.8. The fourth-order valence-electron chi connectivity index (χ4n) is 6.63. The van der Waals surface area contributed by atoms with E-state index in [2.05, 4.69) is 31.2 Å². The van der Waals surface area contributed by atoms with Crippen molar-refractivity contribution in [2.45, 2.75) is 58.0 Å². The normalized spacial score (nSPS) is 21.2. The SMILES string of the molecule is CC(NC(=O)c1cc(C(=O)NCc2cccc(Nc3c(N)c(=O)c3=O)c2)nc2c(C(N)=O)nnn12)C12CCC(C(=O)O)(CC1)CC2. The highest BCUT2D eigenvalue weighted by atomic mass is 16.4. The summed E-state index contributed by atoms with van der Waals surface area (Å²) in [7, 11) is 0. The molecule has 0 saturated heterocycles. The molecule has 4 aromatic rings. The van der Waals surface area contributed by atoms with Gasteiger partial charge in [0.15, 0.2) is 11.3 Å². The number of nitrogen functional groups attached to an aromatic ring is 1. The summed E-state index contributed by atoms with van der Waals surface area (Å²) in [6.07, 6.45) is 3.60. The number of carbonyl (C=O) groups is 4. The van der Waals surface area contributed by atoms with Crippen molar-refractivity contribution in [3.63, 3.8) is 0 Å². The van der Waals surface area contributed by atoms with Gasteiger partial charge in [-0.1, -0.05) is 17.3 Å². The van der Waals surface area contributed by atoms with Crippen LogP contribution in [0.3, 0.4) is 0 Å². The molecule has 0 spiro atoms. The van der Waals surface area contributed by atoms with Crippen molar-refractivity contribution in [2.75, 3.05) is 11.1 Å². The highest BCUT2D eigenvalue weighted by Crippen LogP contribution is 2.58. The number of fused-ring (bicyclic) bond motifs is 4. The number of aromatic nitrogens is 4. The van der Waals surface area contributed by atoms with Crippen molar-refractivity contribution in [3.8, 4) is 0 Å².